The molecule has 0 saturated heterocycles. The van der Waals surface area contributed by atoms with E-state index in [1.165, 1.54) is 11.6 Å². The monoisotopic (exact) mass is 144 g/mol. The lowest BCUT2D eigenvalue weighted by Gasteiger charge is -1.94. The zero-order valence-corrected chi connectivity index (χ0v) is 8.02. The maximum absolute atomic E-state index is 5.28. The van der Waals surface area contributed by atoms with Crippen LogP contribution in [0.1, 0.15) is 20.8 Å². The Morgan fingerprint density at radius 1 is 1.56 bits per heavy atom. The normalized spacial score (nSPS) is 10.6. The first-order valence-electron chi connectivity index (χ1n) is 3.48. The van der Waals surface area contributed by atoms with Gasteiger partial charge in [0.2, 0.25) is 0 Å². The van der Waals surface area contributed by atoms with E-state index in [9.17, 15) is 0 Å². The van der Waals surface area contributed by atoms with Gasteiger partial charge in [-0.1, -0.05) is 11.6 Å². The molecule has 0 spiro atoms. The SMILES string of the molecule is CCO[SiH2]CC=C(C)C. The summed E-state index contributed by atoms with van der Waals surface area (Å²) >= 11 is 0. The fourth-order valence-corrected chi connectivity index (χ4v) is 1.73. The molecule has 0 rings (SSSR count). The lowest BCUT2D eigenvalue weighted by atomic mass is 10.3. The first-order chi connectivity index (χ1) is 4.27. The van der Waals surface area contributed by atoms with E-state index < -0.39 is 0 Å². The van der Waals surface area contributed by atoms with Crippen LogP contribution < -0.4 is 0 Å². The molecule has 0 aliphatic rings. The summed E-state index contributed by atoms with van der Waals surface area (Å²) in [5.41, 5.74) is 1.40. The predicted molar refractivity (Wildman–Crippen MR) is 44.4 cm³/mol. The molecule has 0 N–H and O–H groups in total. The minimum absolute atomic E-state index is 0.208. The highest BCUT2D eigenvalue weighted by Gasteiger charge is 1.82. The third kappa shape index (κ3) is 7.92. The molecule has 0 atom stereocenters. The van der Waals surface area contributed by atoms with Crippen molar-refractivity contribution < 1.29 is 4.43 Å². The number of hydrogen-bond acceptors (Lipinski definition) is 1. The molecule has 1 nitrogen and oxygen atoms in total. The van der Waals surface area contributed by atoms with Crippen molar-refractivity contribution in [2.24, 2.45) is 0 Å². The summed E-state index contributed by atoms with van der Waals surface area (Å²) in [6, 6.07) is 1.19. The second kappa shape index (κ2) is 6.04. The topological polar surface area (TPSA) is 9.23 Å². The van der Waals surface area contributed by atoms with Gasteiger partial charge in [-0.15, -0.1) is 0 Å². The third-order valence-electron chi connectivity index (χ3n) is 1.02. The second-order valence-electron chi connectivity index (χ2n) is 2.27. The molecule has 54 valence electrons. The van der Waals surface area contributed by atoms with Crippen molar-refractivity contribution in [3.8, 4) is 0 Å². The van der Waals surface area contributed by atoms with Gasteiger partial charge in [0.15, 0.2) is 9.76 Å². The van der Waals surface area contributed by atoms with Gasteiger partial charge in [0, 0.05) is 6.61 Å². The molecular formula is C7H16OSi. The van der Waals surface area contributed by atoms with Crippen molar-refractivity contribution in [2.45, 2.75) is 26.8 Å². The van der Waals surface area contributed by atoms with Crippen LogP contribution in [0.15, 0.2) is 11.6 Å². The van der Waals surface area contributed by atoms with Crippen LogP contribution in [0.2, 0.25) is 6.04 Å². The van der Waals surface area contributed by atoms with Crippen molar-refractivity contribution in [3.63, 3.8) is 0 Å². The minimum Gasteiger partial charge on any atom is -0.424 e. The Labute approximate surface area is 60.1 Å². The quantitative estimate of drug-likeness (QED) is 0.330. The fraction of sp³-hybridized carbons (Fsp3) is 0.714. The molecule has 9 heavy (non-hydrogen) atoms. The summed E-state index contributed by atoms with van der Waals surface area (Å²) in [5, 5.41) is 0. The molecule has 0 amide bonds. The van der Waals surface area contributed by atoms with Crippen molar-refractivity contribution in [1.82, 2.24) is 0 Å². The maximum atomic E-state index is 5.28. The highest BCUT2D eigenvalue weighted by atomic mass is 28.2. The average Bonchev–Trinajstić information content (AvgIpc) is 1.80. The molecule has 0 heterocycles. The molecule has 0 aliphatic heterocycles. The molecule has 0 fully saturated rings. The molecule has 0 radical (unpaired) electrons. The highest BCUT2D eigenvalue weighted by Crippen LogP contribution is 1.92. The van der Waals surface area contributed by atoms with E-state index in [-0.39, 0.29) is 9.76 Å². The molecule has 0 aromatic rings. The van der Waals surface area contributed by atoms with Gasteiger partial charge in [0.1, 0.15) is 0 Å². The van der Waals surface area contributed by atoms with Crippen molar-refractivity contribution in [2.75, 3.05) is 6.61 Å². The van der Waals surface area contributed by atoms with E-state index >= 15 is 0 Å². The zero-order valence-electron chi connectivity index (χ0n) is 6.61. The molecule has 0 bridgehead atoms. The smallest absolute Gasteiger partial charge is 0.165 e. The number of allylic oxidation sites excluding steroid dienone is 2. The first kappa shape index (κ1) is 8.92. The van der Waals surface area contributed by atoms with Crippen LogP contribution in [0, 0.1) is 0 Å². The average molecular weight is 144 g/mol. The van der Waals surface area contributed by atoms with Crippen molar-refractivity contribution >= 4 is 9.76 Å². The van der Waals surface area contributed by atoms with E-state index in [1.54, 1.807) is 0 Å². The Hall–Kier alpha value is -0.0831. The van der Waals surface area contributed by atoms with E-state index in [0.717, 1.165) is 6.61 Å². The largest absolute Gasteiger partial charge is 0.424 e. The molecular weight excluding hydrogens is 128 g/mol. The molecule has 0 aliphatic carbocycles. The third-order valence-corrected chi connectivity index (χ3v) is 2.24. The van der Waals surface area contributed by atoms with Crippen LogP contribution in [0.4, 0.5) is 0 Å². The molecule has 0 saturated carbocycles. The van der Waals surface area contributed by atoms with Gasteiger partial charge in [-0.2, -0.15) is 0 Å². The van der Waals surface area contributed by atoms with Crippen LogP contribution in [0.5, 0.6) is 0 Å². The number of rotatable bonds is 4. The first-order valence-corrected chi connectivity index (χ1v) is 5.06. The Balaban J connectivity index is 3.00. The Morgan fingerprint density at radius 2 is 2.22 bits per heavy atom. The van der Waals surface area contributed by atoms with Gasteiger partial charge in [-0.05, 0) is 26.8 Å². The van der Waals surface area contributed by atoms with Crippen LogP contribution in [0.25, 0.3) is 0 Å². The van der Waals surface area contributed by atoms with Gasteiger partial charge in [0.25, 0.3) is 0 Å². The van der Waals surface area contributed by atoms with Crippen LogP contribution in [0.3, 0.4) is 0 Å². The molecule has 0 aromatic carbocycles. The fourth-order valence-electron chi connectivity index (χ4n) is 0.575. The van der Waals surface area contributed by atoms with Crippen LogP contribution in [-0.2, 0) is 4.43 Å². The van der Waals surface area contributed by atoms with Gasteiger partial charge in [-0.25, -0.2) is 0 Å². The number of hydrogen-bond donors (Lipinski definition) is 0. The van der Waals surface area contributed by atoms with Gasteiger partial charge in [-0.3, -0.25) is 0 Å². The molecule has 2 heteroatoms. The predicted octanol–water partition coefficient (Wildman–Crippen LogP) is 1.49. The molecule has 0 unspecified atom stereocenters. The Bertz CT molecular complexity index is 84.9. The van der Waals surface area contributed by atoms with E-state index in [1.807, 2.05) is 0 Å². The van der Waals surface area contributed by atoms with E-state index in [2.05, 4.69) is 26.8 Å². The van der Waals surface area contributed by atoms with Crippen molar-refractivity contribution in [3.05, 3.63) is 11.6 Å². The van der Waals surface area contributed by atoms with Crippen molar-refractivity contribution in [1.29, 1.82) is 0 Å². The van der Waals surface area contributed by atoms with Gasteiger partial charge in [0.05, 0.1) is 0 Å². The minimum atomic E-state index is -0.208. The highest BCUT2D eigenvalue weighted by molar-refractivity contribution is 6.27. The Morgan fingerprint density at radius 3 is 2.67 bits per heavy atom. The summed E-state index contributed by atoms with van der Waals surface area (Å²) in [6.45, 7) is 7.19. The maximum Gasteiger partial charge on any atom is 0.165 e. The van der Waals surface area contributed by atoms with Gasteiger partial charge >= 0.3 is 0 Å². The second-order valence-corrected chi connectivity index (χ2v) is 3.66. The van der Waals surface area contributed by atoms with E-state index in [4.69, 9.17) is 4.43 Å². The Kier molecular flexibility index (Phi) is 5.99. The zero-order chi connectivity index (χ0) is 7.11. The van der Waals surface area contributed by atoms with Gasteiger partial charge < -0.3 is 4.43 Å². The van der Waals surface area contributed by atoms with Crippen LogP contribution >= 0.6 is 0 Å². The van der Waals surface area contributed by atoms with Crippen LogP contribution in [-0.4, -0.2) is 16.4 Å². The summed E-state index contributed by atoms with van der Waals surface area (Å²) in [6.07, 6.45) is 2.25. The molecule has 0 aromatic heterocycles. The lowest BCUT2D eigenvalue weighted by Crippen LogP contribution is -1.94. The summed E-state index contributed by atoms with van der Waals surface area (Å²) < 4.78 is 5.28. The summed E-state index contributed by atoms with van der Waals surface area (Å²) in [4.78, 5) is 0. The summed E-state index contributed by atoms with van der Waals surface area (Å²) in [5.74, 6) is 0. The van der Waals surface area contributed by atoms with E-state index in [0.29, 0.717) is 0 Å². The lowest BCUT2D eigenvalue weighted by molar-refractivity contribution is 0.362. The standard InChI is InChI=1S/C7H16OSi/c1-4-8-9-6-5-7(2)3/h5H,4,6,9H2,1-3H3. The summed E-state index contributed by atoms with van der Waals surface area (Å²) in [7, 11) is -0.208.